The number of benzene rings is 2. The SMILES string of the molecule is C=C(/C(C)=C/c1ccc(F)cc1C)N1CCOc2cc(C(=O)N3CCCC(N)C3)cc(C)c21. The van der Waals surface area contributed by atoms with Crippen molar-refractivity contribution in [2.24, 2.45) is 5.73 Å². The van der Waals surface area contributed by atoms with Crippen molar-refractivity contribution in [1.29, 1.82) is 0 Å². The van der Waals surface area contributed by atoms with Crippen LogP contribution in [0.15, 0.2) is 48.2 Å². The van der Waals surface area contributed by atoms with E-state index in [-0.39, 0.29) is 17.8 Å². The highest BCUT2D eigenvalue weighted by atomic mass is 19.1. The van der Waals surface area contributed by atoms with Crippen molar-refractivity contribution in [3.8, 4) is 5.75 Å². The van der Waals surface area contributed by atoms with Gasteiger partial charge in [0.15, 0.2) is 0 Å². The molecule has 0 bridgehead atoms. The summed E-state index contributed by atoms with van der Waals surface area (Å²) >= 11 is 0. The Morgan fingerprint density at radius 2 is 2.00 bits per heavy atom. The first kappa shape index (κ1) is 23.1. The number of fused-ring (bicyclic) bond motifs is 1. The van der Waals surface area contributed by atoms with Crippen LogP contribution in [0.25, 0.3) is 6.08 Å². The lowest BCUT2D eigenvalue weighted by atomic mass is 10.0. The summed E-state index contributed by atoms with van der Waals surface area (Å²) in [5.41, 5.74) is 12.3. The fourth-order valence-electron chi connectivity index (χ4n) is 4.66. The second kappa shape index (κ2) is 9.40. The summed E-state index contributed by atoms with van der Waals surface area (Å²) in [4.78, 5) is 17.1. The number of likely N-dealkylation sites (tertiary alicyclic amines) is 1. The van der Waals surface area contributed by atoms with Gasteiger partial charge in [-0.2, -0.15) is 0 Å². The van der Waals surface area contributed by atoms with Crippen LogP contribution in [-0.2, 0) is 0 Å². The molecule has 2 aromatic rings. The second-order valence-corrected chi connectivity index (χ2v) is 9.07. The van der Waals surface area contributed by atoms with Gasteiger partial charge in [-0.15, -0.1) is 0 Å². The van der Waals surface area contributed by atoms with Crippen LogP contribution < -0.4 is 15.4 Å². The van der Waals surface area contributed by atoms with Gasteiger partial charge in [0.25, 0.3) is 5.91 Å². The van der Waals surface area contributed by atoms with Crippen molar-refractivity contribution in [2.45, 2.75) is 39.7 Å². The number of piperidine rings is 1. The second-order valence-electron chi connectivity index (χ2n) is 9.07. The fourth-order valence-corrected chi connectivity index (χ4v) is 4.66. The summed E-state index contributed by atoms with van der Waals surface area (Å²) in [5.74, 6) is 0.451. The van der Waals surface area contributed by atoms with E-state index in [0.29, 0.717) is 31.0 Å². The van der Waals surface area contributed by atoms with Crippen LogP contribution in [0.1, 0.15) is 46.8 Å². The van der Waals surface area contributed by atoms with Crippen LogP contribution in [0, 0.1) is 19.7 Å². The Labute approximate surface area is 195 Å². The van der Waals surface area contributed by atoms with Crippen molar-refractivity contribution >= 4 is 17.7 Å². The highest BCUT2D eigenvalue weighted by Gasteiger charge is 2.27. The number of nitrogens with two attached hydrogens (primary N) is 1. The molecule has 1 amide bonds. The zero-order valence-corrected chi connectivity index (χ0v) is 19.7. The molecule has 1 unspecified atom stereocenters. The number of halogens is 1. The van der Waals surface area contributed by atoms with Gasteiger partial charge in [0, 0.05) is 30.4 Å². The molecule has 2 aliphatic rings. The van der Waals surface area contributed by atoms with E-state index in [0.717, 1.165) is 53.0 Å². The molecule has 1 fully saturated rings. The van der Waals surface area contributed by atoms with E-state index in [1.807, 2.05) is 43.9 Å². The Kier molecular flexibility index (Phi) is 6.56. The zero-order chi connectivity index (χ0) is 23.7. The highest BCUT2D eigenvalue weighted by Crippen LogP contribution is 2.39. The Morgan fingerprint density at radius 1 is 1.21 bits per heavy atom. The number of hydrogen-bond donors (Lipinski definition) is 1. The summed E-state index contributed by atoms with van der Waals surface area (Å²) < 4.78 is 19.5. The van der Waals surface area contributed by atoms with Gasteiger partial charge in [0.05, 0.1) is 12.2 Å². The predicted molar refractivity (Wildman–Crippen MR) is 131 cm³/mol. The van der Waals surface area contributed by atoms with Gasteiger partial charge in [-0.05, 0) is 86.2 Å². The van der Waals surface area contributed by atoms with Gasteiger partial charge < -0.3 is 20.3 Å². The number of carbonyl (C=O) groups is 1. The minimum Gasteiger partial charge on any atom is -0.490 e. The van der Waals surface area contributed by atoms with E-state index >= 15 is 0 Å². The molecule has 0 spiro atoms. The van der Waals surface area contributed by atoms with E-state index in [1.165, 1.54) is 12.1 Å². The number of allylic oxidation sites excluding steroid dienone is 1. The fraction of sp³-hybridized carbons (Fsp3) is 0.370. The summed E-state index contributed by atoms with van der Waals surface area (Å²) in [6.07, 6.45) is 3.91. The molecule has 2 N–H and O–H groups in total. The molecule has 5 nitrogen and oxygen atoms in total. The van der Waals surface area contributed by atoms with Gasteiger partial charge in [-0.1, -0.05) is 12.6 Å². The number of hydrogen-bond acceptors (Lipinski definition) is 4. The summed E-state index contributed by atoms with van der Waals surface area (Å²) in [7, 11) is 0. The maximum absolute atomic E-state index is 13.5. The zero-order valence-electron chi connectivity index (χ0n) is 19.7. The van der Waals surface area contributed by atoms with Crippen LogP contribution in [0.3, 0.4) is 0 Å². The maximum atomic E-state index is 13.5. The topological polar surface area (TPSA) is 58.8 Å². The highest BCUT2D eigenvalue weighted by molar-refractivity contribution is 5.96. The standard InChI is InChI=1S/C27H32FN3O2/c1-17(12-21-7-8-23(28)14-18(21)2)20(4)31-10-11-33-25-15-22(13-19(3)26(25)31)27(32)30-9-5-6-24(29)16-30/h7-8,12-15,24H,4-6,9-11,16,29H2,1-3H3/b17-12+. The number of carbonyl (C=O) groups excluding carboxylic acids is 1. The third kappa shape index (κ3) is 4.81. The summed E-state index contributed by atoms with van der Waals surface area (Å²) in [5, 5.41) is 0. The molecular weight excluding hydrogens is 417 g/mol. The van der Waals surface area contributed by atoms with Crippen LogP contribution in [-0.4, -0.2) is 43.1 Å². The number of amides is 1. The van der Waals surface area contributed by atoms with Gasteiger partial charge in [-0.25, -0.2) is 4.39 Å². The lowest BCUT2D eigenvalue weighted by Crippen LogP contribution is -2.45. The Hall–Kier alpha value is -3.12. The van der Waals surface area contributed by atoms with Crippen LogP contribution in [0.2, 0.25) is 0 Å². The van der Waals surface area contributed by atoms with Crippen molar-refractivity contribution in [3.05, 3.63) is 76.3 Å². The molecule has 33 heavy (non-hydrogen) atoms. The average Bonchev–Trinajstić information content (AvgIpc) is 2.79. The van der Waals surface area contributed by atoms with E-state index < -0.39 is 0 Å². The number of aryl methyl sites for hydroxylation is 2. The van der Waals surface area contributed by atoms with Crippen LogP contribution >= 0.6 is 0 Å². The third-order valence-corrected chi connectivity index (χ3v) is 6.48. The molecule has 0 saturated carbocycles. The van der Waals surface area contributed by atoms with E-state index in [9.17, 15) is 9.18 Å². The average molecular weight is 450 g/mol. The number of ether oxygens (including phenoxy) is 1. The minimum absolute atomic E-state index is 0.00142. The van der Waals surface area contributed by atoms with Gasteiger partial charge in [0.2, 0.25) is 0 Å². The van der Waals surface area contributed by atoms with Crippen LogP contribution in [0.4, 0.5) is 10.1 Å². The van der Waals surface area contributed by atoms with Gasteiger partial charge in [0.1, 0.15) is 18.2 Å². The maximum Gasteiger partial charge on any atom is 0.254 e. The van der Waals surface area contributed by atoms with Crippen molar-refractivity contribution < 1.29 is 13.9 Å². The Balaban J connectivity index is 1.61. The Bertz CT molecular complexity index is 1120. The molecule has 0 aromatic heterocycles. The smallest absolute Gasteiger partial charge is 0.254 e. The molecule has 2 aliphatic heterocycles. The number of nitrogens with zero attached hydrogens (tertiary/aromatic N) is 2. The third-order valence-electron chi connectivity index (χ3n) is 6.48. The van der Waals surface area contributed by atoms with E-state index in [4.69, 9.17) is 10.5 Å². The molecule has 6 heteroatoms. The van der Waals surface area contributed by atoms with Crippen molar-refractivity contribution in [3.63, 3.8) is 0 Å². The summed E-state index contributed by atoms with van der Waals surface area (Å²) in [6.45, 7) is 12.7. The molecule has 0 radical (unpaired) electrons. The first-order valence-electron chi connectivity index (χ1n) is 11.5. The first-order chi connectivity index (χ1) is 15.7. The predicted octanol–water partition coefficient (Wildman–Crippen LogP) is 4.82. The molecule has 1 atom stereocenters. The molecule has 2 aromatic carbocycles. The monoisotopic (exact) mass is 449 g/mol. The summed E-state index contributed by atoms with van der Waals surface area (Å²) in [6, 6.07) is 8.59. The quantitative estimate of drug-likeness (QED) is 0.680. The Morgan fingerprint density at radius 3 is 2.73 bits per heavy atom. The molecule has 2 heterocycles. The number of anilines is 1. The molecule has 174 valence electrons. The van der Waals surface area contributed by atoms with Crippen molar-refractivity contribution in [1.82, 2.24) is 4.90 Å². The number of rotatable bonds is 4. The largest absolute Gasteiger partial charge is 0.490 e. The van der Waals surface area contributed by atoms with Crippen LogP contribution in [0.5, 0.6) is 5.75 Å². The van der Waals surface area contributed by atoms with E-state index in [2.05, 4.69) is 11.5 Å². The first-order valence-corrected chi connectivity index (χ1v) is 11.5. The van der Waals surface area contributed by atoms with E-state index in [1.54, 1.807) is 6.07 Å². The lowest BCUT2D eigenvalue weighted by molar-refractivity contribution is 0.0708. The molecule has 0 aliphatic carbocycles. The minimum atomic E-state index is -0.240. The van der Waals surface area contributed by atoms with Gasteiger partial charge >= 0.3 is 0 Å². The van der Waals surface area contributed by atoms with Crippen molar-refractivity contribution in [2.75, 3.05) is 31.1 Å². The molecule has 4 rings (SSSR count). The normalized spacial score (nSPS) is 18.6. The lowest BCUT2D eigenvalue weighted by Gasteiger charge is -2.35. The molecule has 1 saturated heterocycles. The molecular formula is C27H32FN3O2. The van der Waals surface area contributed by atoms with Gasteiger partial charge in [-0.3, -0.25) is 4.79 Å².